The van der Waals surface area contributed by atoms with Crippen LogP contribution in [0.3, 0.4) is 0 Å². The molecule has 4 rings (SSSR count). The molecule has 1 aliphatic heterocycles. The standard InChI is InChI=1S/C22H23ClN4/c1-13(2)20-17-11-15(14-5-8-25-9-6-14)3-4-19(17)27-21(20)16-7-10-26-22(23)18(16)12-24/h3-4,7,10-11,13-14,25,27H,5-6,8-9H2,1-2H3. The number of nitrogens with one attached hydrogen (secondary N) is 2. The molecule has 2 N–H and O–H groups in total. The summed E-state index contributed by atoms with van der Waals surface area (Å²) < 4.78 is 0. The van der Waals surface area contributed by atoms with Crippen molar-refractivity contribution in [3.8, 4) is 17.3 Å². The number of hydrogen-bond acceptors (Lipinski definition) is 3. The number of halogens is 1. The van der Waals surface area contributed by atoms with E-state index in [9.17, 15) is 5.26 Å². The maximum absolute atomic E-state index is 9.58. The summed E-state index contributed by atoms with van der Waals surface area (Å²) in [6.07, 6.45) is 4.02. The van der Waals surface area contributed by atoms with E-state index in [1.54, 1.807) is 6.20 Å². The second-order valence-corrected chi connectivity index (χ2v) is 7.89. The number of aromatic amines is 1. The second-order valence-electron chi connectivity index (χ2n) is 7.53. The van der Waals surface area contributed by atoms with Crippen molar-refractivity contribution >= 4 is 22.5 Å². The highest BCUT2D eigenvalue weighted by Crippen LogP contribution is 2.39. The zero-order valence-electron chi connectivity index (χ0n) is 15.6. The number of fused-ring (bicyclic) bond motifs is 1. The molecule has 3 aromatic rings. The number of pyridine rings is 1. The van der Waals surface area contributed by atoms with E-state index in [2.05, 4.69) is 53.4 Å². The van der Waals surface area contributed by atoms with Gasteiger partial charge in [-0.1, -0.05) is 31.5 Å². The van der Waals surface area contributed by atoms with Crippen LogP contribution in [0.25, 0.3) is 22.2 Å². The molecule has 0 amide bonds. The maximum Gasteiger partial charge on any atom is 0.147 e. The summed E-state index contributed by atoms with van der Waals surface area (Å²) in [5.41, 5.74) is 5.96. The third kappa shape index (κ3) is 3.22. The fourth-order valence-electron chi connectivity index (χ4n) is 4.20. The van der Waals surface area contributed by atoms with Crippen molar-refractivity contribution in [2.24, 2.45) is 0 Å². The fraction of sp³-hybridized carbons (Fsp3) is 0.364. The highest BCUT2D eigenvalue weighted by molar-refractivity contribution is 6.31. The number of nitrogens with zero attached hydrogens (tertiary/aromatic N) is 2. The van der Waals surface area contributed by atoms with Crippen LogP contribution < -0.4 is 5.32 Å². The molecule has 0 radical (unpaired) electrons. The summed E-state index contributed by atoms with van der Waals surface area (Å²) in [5.74, 6) is 0.926. The number of hydrogen-bond donors (Lipinski definition) is 2. The fourth-order valence-corrected chi connectivity index (χ4v) is 4.40. The van der Waals surface area contributed by atoms with Gasteiger partial charge in [-0.15, -0.1) is 0 Å². The van der Waals surface area contributed by atoms with E-state index in [0.717, 1.165) is 29.9 Å². The van der Waals surface area contributed by atoms with Gasteiger partial charge >= 0.3 is 0 Å². The Kier molecular flexibility index (Phi) is 4.90. The summed E-state index contributed by atoms with van der Waals surface area (Å²) in [6, 6.07) is 10.8. The molecule has 1 aromatic carbocycles. The van der Waals surface area contributed by atoms with Gasteiger partial charge in [0.05, 0.1) is 11.3 Å². The Morgan fingerprint density at radius 1 is 1.22 bits per heavy atom. The highest BCUT2D eigenvalue weighted by Gasteiger charge is 2.22. The SMILES string of the molecule is CC(C)c1c(-c2ccnc(Cl)c2C#N)[nH]c2ccc(C3CCNCC3)cc12. The number of aromatic nitrogens is 2. The molecule has 0 atom stereocenters. The Bertz CT molecular complexity index is 1020. The number of H-pyrrole nitrogens is 1. The Hall–Kier alpha value is -2.35. The van der Waals surface area contributed by atoms with Gasteiger partial charge in [0, 0.05) is 22.7 Å². The zero-order chi connectivity index (χ0) is 19.0. The van der Waals surface area contributed by atoms with E-state index in [1.807, 2.05) is 6.07 Å². The van der Waals surface area contributed by atoms with Crippen LogP contribution in [0.15, 0.2) is 30.5 Å². The molecule has 0 saturated carbocycles. The van der Waals surface area contributed by atoms with Crippen molar-refractivity contribution in [2.45, 2.75) is 38.5 Å². The average Bonchev–Trinajstić information content (AvgIpc) is 3.07. The van der Waals surface area contributed by atoms with Crippen LogP contribution in [-0.2, 0) is 0 Å². The van der Waals surface area contributed by atoms with Crippen molar-refractivity contribution in [2.75, 3.05) is 13.1 Å². The van der Waals surface area contributed by atoms with Gasteiger partial charge in [-0.3, -0.25) is 0 Å². The first-order valence-electron chi connectivity index (χ1n) is 9.51. The molecular weight excluding hydrogens is 356 g/mol. The molecule has 1 aliphatic rings. The summed E-state index contributed by atoms with van der Waals surface area (Å²) in [4.78, 5) is 7.61. The molecule has 0 unspecified atom stereocenters. The van der Waals surface area contributed by atoms with Crippen molar-refractivity contribution in [3.05, 3.63) is 52.3 Å². The third-order valence-corrected chi connectivity index (χ3v) is 5.82. The predicted molar refractivity (Wildman–Crippen MR) is 110 cm³/mol. The minimum atomic E-state index is 0.249. The van der Waals surface area contributed by atoms with Crippen molar-refractivity contribution in [3.63, 3.8) is 0 Å². The van der Waals surface area contributed by atoms with E-state index in [4.69, 9.17) is 11.6 Å². The molecule has 0 spiro atoms. The first kappa shape index (κ1) is 18.0. The summed E-state index contributed by atoms with van der Waals surface area (Å²) in [5, 5.41) is 14.5. The normalized spacial score (nSPS) is 15.4. The summed E-state index contributed by atoms with van der Waals surface area (Å²) in [6.45, 7) is 6.55. The molecule has 2 aromatic heterocycles. The number of piperidine rings is 1. The topological polar surface area (TPSA) is 64.5 Å². The molecule has 5 heteroatoms. The van der Waals surface area contributed by atoms with Gasteiger partial charge in [-0.05, 0) is 67.1 Å². The van der Waals surface area contributed by atoms with E-state index < -0.39 is 0 Å². The number of nitriles is 1. The summed E-state index contributed by atoms with van der Waals surface area (Å²) in [7, 11) is 0. The van der Waals surface area contributed by atoms with Crippen LogP contribution in [-0.4, -0.2) is 23.1 Å². The minimum Gasteiger partial charge on any atom is -0.354 e. The van der Waals surface area contributed by atoms with Crippen LogP contribution in [0.1, 0.15) is 55.2 Å². The Morgan fingerprint density at radius 2 is 2.00 bits per heavy atom. The Labute approximate surface area is 164 Å². The smallest absolute Gasteiger partial charge is 0.147 e. The van der Waals surface area contributed by atoms with Crippen LogP contribution in [0.5, 0.6) is 0 Å². The van der Waals surface area contributed by atoms with Crippen LogP contribution >= 0.6 is 11.6 Å². The molecule has 27 heavy (non-hydrogen) atoms. The highest BCUT2D eigenvalue weighted by atomic mass is 35.5. The van der Waals surface area contributed by atoms with Crippen LogP contribution in [0.4, 0.5) is 0 Å². The van der Waals surface area contributed by atoms with Crippen molar-refractivity contribution < 1.29 is 0 Å². The quantitative estimate of drug-likeness (QED) is 0.604. The first-order chi connectivity index (χ1) is 13.1. The van der Waals surface area contributed by atoms with Gasteiger partial charge in [0.15, 0.2) is 0 Å². The Balaban J connectivity index is 1.91. The average molecular weight is 379 g/mol. The van der Waals surface area contributed by atoms with Gasteiger partial charge in [0.25, 0.3) is 0 Å². The number of benzene rings is 1. The lowest BCUT2D eigenvalue weighted by molar-refractivity contribution is 0.460. The van der Waals surface area contributed by atoms with Gasteiger partial charge in [-0.25, -0.2) is 4.98 Å². The van der Waals surface area contributed by atoms with E-state index in [1.165, 1.54) is 29.4 Å². The molecule has 138 valence electrons. The van der Waals surface area contributed by atoms with Gasteiger partial charge in [-0.2, -0.15) is 5.26 Å². The molecular formula is C22H23ClN4. The Morgan fingerprint density at radius 3 is 2.70 bits per heavy atom. The lowest BCUT2D eigenvalue weighted by atomic mass is 9.88. The van der Waals surface area contributed by atoms with Crippen LogP contribution in [0, 0.1) is 11.3 Å². The van der Waals surface area contributed by atoms with Gasteiger partial charge in [0.2, 0.25) is 0 Å². The van der Waals surface area contributed by atoms with Crippen molar-refractivity contribution in [1.82, 2.24) is 15.3 Å². The maximum atomic E-state index is 9.58. The largest absolute Gasteiger partial charge is 0.354 e. The molecule has 0 aliphatic carbocycles. The van der Waals surface area contributed by atoms with Gasteiger partial charge in [0.1, 0.15) is 11.2 Å². The third-order valence-electron chi connectivity index (χ3n) is 5.54. The monoisotopic (exact) mass is 378 g/mol. The molecule has 0 bridgehead atoms. The number of rotatable bonds is 3. The summed E-state index contributed by atoms with van der Waals surface area (Å²) >= 11 is 6.18. The molecule has 1 fully saturated rings. The van der Waals surface area contributed by atoms with Gasteiger partial charge < -0.3 is 10.3 Å². The molecule has 4 nitrogen and oxygen atoms in total. The lowest BCUT2D eigenvalue weighted by Gasteiger charge is -2.23. The lowest BCUT2D eigenvalue weighted by Crippen LogP contribution is -2.26. The van der Waals surface area contributed by atoms with E-state index in [0.29, 0.717) is 17.4 Å². The predicted octanol–water partition coefficient (Wildman–Crippen LogP) is 5.35. The molecule has 1 saturated heterocycles. The van der Waals surface area contributed by atoms with E-state index in [-0.39, 0.29) is 5.15 Å². The molecule has 3 heterocycles. The minimum absolute atomic E-state index is 0.249. The van der Waals surface area contributed by atoms with E-state index >= 15 is 0 Å². The van der Waals surface area contributed by atoms with Crippen molar-refractivity contribution in [1.29, 1.82) is 5.26 Å². The van der Waals surface area contributed by atoms with Crippen LogP contribution in [0.2, 0.25) is 5.15 Å². The zero-order valence-corrected chi connectivity index (χ0v) is 16.4. The first-order valence-corrected chi connectivity index (χ1v) is 9.89. The second kappa shape index (κ2) is 7.34.